The number of anilines is 1. The molecule has 1 amide bonds. The number of ether oxygens (including phenoxy) is 2. The molecule has 3 aromatic rings. The number of carbonyl (C=O) groups is 1. The molecular weight excluding hydrogens is 376 g/mol. The second kappa shape index (κ2) is 7.18. The Balaban J connectivity index is 1.37. The number of aryl methyl sites for hydroxylation is 1. The van der Waals surface area contributed by atoms with Crippen molar-refractivity contribution < 1.29 is 14.3 Å². The molecule has 5 heteroatoms. The lowest BCUT2D eigenvalue weighted by molar-refractivity contribution is -0.118. The normalized spacial score (nSPS) is 15.7. The zero-order chi connectivity index (χ0) is 20.7. The van der Waals surface area contributed by atoms with Crippen molar-refractivity contribution in [2.24, 2.45) is 0 Å². The Hall–Kier alpha value is -3.31. The molecule has 0 unspecified atom stereocenters. The summed E-state index contributed by atoms with van der Waals surface area (Å²) in [6.45, 7) is 2.54. The predicted octanol–water partition coefficient (Wildman–Crippen LogP) is 4.84. The van der Waals surface area contributed by atoms with Crippen LogP contribution in [0.5, 0.6) is 11.5 Å². The molecule has 151 valence electrons. The van der Waals surface area contributed by atoms with Crippen LogP contribution in [0, 0.1) is 6.92 Å². The molecule has 1 fully saturated rings. The van der Waals surface area contributed by atoms with Gasteiger partial charge in [0.15, 0.2) is 11.5 Å². The summed E-state index contributed by atoms with van der Waals surface area (Å²) in [6.07, 6.45) is 1.66. The van der Waals surface area contributed by atoms with Crippen LogP contribution in [-0.4, -0.2) is 12.7 Å². The van der Waals surface area contributed by atoms with E-state index >= 15 is 0 Å². The standard InChI is InChI=1S/C25H23N2O3/c1-16-11-20(6-7-21(16)18-4-2-3-17(12-18)14-26)27-24(28)25(9-10-25)19-5-8-22-23(13-19)30-15-29-22/h2-8,11-13,26H,9-10,14-15H2,1H3,(H,27,28). The predicted molar refractivity (Wildman–Crippen MR) is 116 cm³/mol. The average Bonchev–Trinajstić information content (AvgIpc) is 3.45. The molecule has 5 rings (SSSR count). The van der Waals surface area contributed by atoms with Crippen molar-refractivity contribution in [1.82, 2.24) is 5.73 Å². The molecule has 0 bridgehead atoms. The van der Waals surface area contributed by atoms with E-state index in [1.165, 1.54) is 0 Å². The SMILES string of the molecule is Cc1cc(NC(=O)C2(c3ccc4c(c3)OCO4)CC2)ccc1-c1cccc(C[NH])c1. The Morgan fingerprint density at radius 3 is 2.63 bits per heavy atom. The number of nitrogens with one attached hydrogen (secondary N) is 2. The minimum atomic E-state index is -0.490. The van der Waals surface area contributed by atoms with Crippen molar-refractivity contribution in [2.45, 2.75) is 31.7 Å². The molecule has 5 nitrogen and oxygen atoms in total. The molecule has 0 spiro atoms. The van der Waals surface area contributed by atoms with Crippen LogP contribution in [0.4, 0.5) is 5.69 Å². The highest BCUT2D eigenvalue weighted by Crippen LogP contribution is 2.51. The summed E-state index contributed by atoms with van der Waals surface area (Å²) in [4.78, 5) is 13.1. The van der Waals surface area contributed by atoms with Crippen LogP contribution in [0.1, 0.15) is 29.5 Å². The molecule has 3 aromatic carbocycles. The first-order valence-electron chi connectivity index (χ1n) is 10.2. The van der Waals surface area contributed by atoms with Gasteiger partial charge in [-0.2, -0.15) is 0 Å². The van der Waals surface area contributed by atoms with Crippen molar-refractivity contribution in [2.75, 3.05) is 12.1 Å². The average molecular weight is 399 g/mol. The highest BCUT2D eigenvalue weighted by atomic mass is 16.7. The van der Waals surface area contributed by atoms with Gasteiger partial charge >= 0.3 is 0 Å². The molecule has 2 aliphatic rings. The first-order chi connectivity index (χ1) is 14.6. The van der Waals surface area contributed by atoms with E-state index in [0.29, 0.717) is 5.75 Å². The number of fused-ring (bicyclic) bond motifs is 1. The van der Waals surface area contributed by atoms with Crippen molar-refractivity contribution in [3.05, 3.63) is 77.4 Å². The van der Waals surface area contributed by atoms with Gasteiger partial charge in [-0.15, -0.1) is 0 Å². The molecule has 1 heterocycles. The van der Waals surface area contributed by atoms with E-state index in [-0.39, 0.29) is 19.2 Å². The molecule has 1 aliphatic carbocycles. The van der Waals surface area contributed by atoms with Gasteiger partial charge in [-0.05, 0) is 77.9 Å². The van der Waals surface area contributed by atoms with Gasteiger partial charge < -0.3 is 14.8 Å². The van der Waals surface area contributed by atoms with Gasteiger partial charge in [-0.1, -0.05) is 30.3 Å². The smallest absolute Gasteiger partial charge is 0.235 e. The van der Waals surface area contributed by atoms with Gasteiger partial charge in [-0.25, -0.2) is 0 Å². The number of rotatable bonds is 5. The second-order valence-electron chi connectivity index (χ2n) is 8.01. The minimum Gasteiger partial charge on any atom is -0.454 e. The van der Waals surface area contributed by atoms with E-state index < -0.39 is 5.41 Å². The fourth-order valence-electron chi connectivity index (χ4n) is 4.13. The summed E-state index contributed by atoms with van der Waals surface area (Å²) < 4.78 is 10.9. The Kier molecular flexibility index (Phi) is 4.48. The maximum Gasteiger partial charge on any atom is 0.235 e. The first-order valence-corrected chi connectivity index (χ1v) is 10.2. The summed E-state index contributed by atoms with van der Waals surface area (Å²) in [5.41, 5.74) is 13.1. The molecule has 2 N–H and O–H groups in total. The Bertz CT molecular complexity index is 1130. The van der Waals surface area contributed by atoms with E-state index in [1.807, 2.05) is 61.5 Å². The third-order valence-electron chi connectivity index (χ3n) is 6.04. The van der Waals surface area contributed by atoms with Crippen LogP contribution in [-0.2, 0) is 16.8 Å². The maximum absolute atomic E-state index is 13.1. The van der Waals surface area contributed by atoms with Gasteiger partial charge in [0.2, 0.25) is 12.7 Å². The van der Waals surface area contributed by atoms with E-state index in [4.69, 9.17) is 15.2 Å². The molecule has 1 saturated carbocycles. The Morgan fingerprint density at radius 2 is 1.87 bits per heavy atom. The lowest BCUT2D eigenvalue weighted by Gasteiger charge is -2.17. The van der Waals surface area contributed by atoms with Crippen LogP contribution < -0.4 is 20.5 Å². The molecule has 1 aliphatic heterocycles. The Morgan fingerprint density at radius 1 is 1.03 bits per heavy atom. The van der Waals surface area contributed by atoms with E-state index in [9.17, 15) is 4.79 Å². The monoisotopic (exact) mass is 399 g/mol. The zero-order valence-electron chi connectivity index (χ0n) is 16.8. The van der Waals surface area contributed by atoms with Crippen molar-refractivity contribution in [3.63, 3.8) is 0 Å². The van der Waals surface area contributed by atoms with Crippen LogP contribution >= 0.6 is 0 Å². The fraction of sp³-hybridized carbons (Fsp3) is 0.240. The third kappa shape index (κ3) is 3.21. The summed E-state index contributed by atoms with van der Waals surface area (Å²) in [5, 5.41) is 3.11. The number of hydrogen-bond donors (Lipinski definition) is 1. The molecule has 1 radical (unpaired) electrons. The number of amides is 1. The Labute approximate surface area is 175 Å². The van der Waals surface area contributed by atoms with Gasteiger partial charge in [0, 0.05) is 12.2 Å². The highest BCUT2D eigenvalue weighted by molar-refractivity contribution is 6.01. The van der Waals surface area contributed by atoms with Crippen molar-refractivity contribution in [3.8, 4) is 22.6 Å². The molecular formula is C25H23N2O3. The fourth-order valence-corrected chi connectivity index (χ4v) is 4.13. The van der Waals surface area contributed by atoms with Gasteiger partial charge in [0.1, 0.15) is 0 Å². The number of hydrogen-bond acceptors (Lipinski definition) is 3. The summed E-state index contributed by atoms with van der Waals surface area (Å²) >= 11 is 0. The number of benzene rings is 3. The highest BCUT2D eigenvalue weighted by Gasteiger charge is 2.51. The number of carbonyl (C=O) groups excluding carboxylic acids is 1. The maximum atomic E-state index is 13.1. The van der Waals surface area contributed by atoms with Crippen LogP contribution in [0.2, 0.25) is 0 Å². The van der Waals surface area contributed by atoms with Crippen LogP contribution in [0.25, 0.3) is 11.1 Å². The van der Waals surface area contributed by atoms with Crippen molar-refractivity contribution in [1.29, 1.82) is 0 Å². The van der Waals surface area contributed by atoms with Gasteiger partial charge in [-0.3, -0.25) is 10.5 Å². The van der Waals surface area contributed by atoms with Crippen molar-refractivity contribution >= 4 is 11.6 Å². The third-order valence-corrected chi connectivity index (χ3v) is 6.04. The molecule has 30 heavy (non-hydrogen) atoms. The summed E-state index contributed by atoms with van der Waals surface area (Å²) in [6, 6.07) is 19.8. The second-order valence-corrected chi connectivity index (χ2v) is 8.01. The molecule has 0 atom stereocenters. The quantitative estimate of drug-likeness (QED) is 0.667. The van der Waals surface area contributed by atoms with E-state index in [0.717, 1.165) is 52.1 Å². The topological polar surface area (TPSA) is 71.4 Å². The first kappa shape index (κ1) is 18.7. The molecule has 0 aromatic heterocycles. The lowest BCUT2D eigenvalue weighted by Crippen LogP contribution is -2.27. The lowest BCUT2D eigenvalue weighted by atomic mass is 9.94. The largest absolute Gasteiger partial charge is 0.454 e. The summed E-state index contributed by atoms with van der Waals surface area (Å²) in [7, 11) is 0. The minimum absolute atomic E-state index is 0.0183. The van der Waals surface area contributed by atoms with Gasteiger partial charge in [0.05, 0.1) is 5.41 Å². The zero-order valence-corrected chi connectivity index (χ0v) is 16.8. The van der Waals surface area contributed by atoms with Gasteiger partial charge in [0.25, 0.3) is 0 Å². The molecule has 0 saturated heterocycles. The van der Waals surface area contributed by atoms with E-state index in [2.05, 4.69) is 11.4 Å². The van der Waals surface area contributed by atoms with Crippen LogP contribution in [0.3, 0.4) is 0 Å². The van der Waals surface area contributed by atoms with Crippen LogP contribution in [0.15, 0.2) is 60.7 Å². The van der Waals surface area contributed by atoms with E-state index in [1.54, 1.807) is 0 Å². The summed E-state index contributed by atoms with van der Waals surface area (Å²) in [5.74, 6) is 1.46.